The lowest BCUT2D eigenvalue weighted by atomic mass is 10.1. The molecule has 170 valence electrons. The topological polar surface area (TPSA) is 7.12 Å². The Labute approximate surface area is 214 Å². The fraction of sp³-hybridized carbons (Fsp3) is 0.129. The molecule has 0 radical (unpaired) electrons. The molecule has 0 atom stereocenters. The molecule has 0 amide bonds. The van der Waals surface area contributed by atoms with Gasteiger partial charge in [0.1, 0.15) is 11.2 Å². The predicted molar refractivity (Wildman–Crippen MR) is 151 cm³/mol. The van der Waals surface area contributed by atoms with Gasteiger partial charge in [0.05, 0.1) is 21.7 Å². The monoisotopic (exact) mass is 489 g/mol. The van der Waals surface area contributed by atoms with Gasteiger partial charge in [0.15, 0.2) is 0 Å². The van der Waals surface area contributed by atoms with Crippen LogP contribution in [0.3, 0.4) is 0 Å². The summed E-state index contributed by atoms with van der Waals surface area (Å²) in [5.41, 5.74) is 4.79. The van der Waals surface area contributed by atoms with E-state index in [0.717, 1.165) is 29.2 Å². The van der Waals surface area contributed by atoms with Gasteiger partial charge in [0.25, 0.3) is 0 Å². The number of fused-ring (bicyclic) bond motifs is 4. The van der Waals surface area contributed by atoms with Gasteiger partial charge in [0.2, 0.25) is 5.52 Å². The Hall–Kier alpha value is -3.52. The van der Waals surface area contributed by atoms with Crippen LogP contribution < -0.4 is 9.47 Å². The van der Waals surface area contributed by atoms with Crippen LogP contribution in [0, 0.1) is 11.8 Å². The van der Waals surface area contributed by atoms with E-state index in [1.165, 1.54) is 36.6 Å². The fourth-order valence-electron chi connectivity index (χ4n) is 4.76. The number of thioether (sulfide) groups is 1. The first-order valence-electron chi connectivity index (χ1n) is 12.0. The molecule has 1 aliphatic heterocycles. The number of benzene rings is 4. The number of anilines is 1. The maximum atomic E-state index is 3.63. The summed E-state index contributed by atoms with van der Waals surface area (Å²) in [5, 5.41) is 4.86. The SMILES string of the molecule is CCN1/C(=C(\C#Cc2sc3ccc4ccccc4c3[n+]2CC)c2ccccc2)Sc2ccccc21. The van der Waals surface area contributed by atoms with E-state index in [1.807, 2.05) is 11.8 Å². The van der Waals surface area contributed by atoms with Crippen molar-refractivity contribution in [1.29, 1.82) is 0 Å². The van der Waals surface area contributed by atoms with Crippen molar-refractivity contribution in [3.05, 3.63) is 107 Å². The molecule has 2 heterocycles. The maximum absolute atomic E-state index is 3.63. The van der Waals surface area contributed by atoms with E-state index in [9.17, 15) is 0 Å². The second kappa shape index (κ2) is 9.26. The van der Waals surface area contributed by atoms with Crippen LogP contribution in [-0.4, -0.2) is 6.54 Å². The molecular formula is C31H25N2S2+. The number of para-hydroxylation sites is 1. The van der Waals surface area contributed by atoms with Crippen molar-refractivity contribution in [3.8, 4) is 11.8 Å². The van der Waals surface area contributed by atoms with Crippen molar-refractivity contribution >= 4 is 55.3 Å². The average molecular weight is 490 g/mol. The third-order valence-corrected chi connectivity index (χ3v) is 8.64. The van der Waals surface area contributed by atoms with E-state index >= 15 is 0 Å². The van der Waals surface area contributed by atoms with Crippen LogP contribution in [-0.2, 0) is 6.54 Å². The van der Waals surface area contributed by atoms with Gasteiger partial charge < -0.3 is 4.90 Å². The summed E-state index contributed by atoms with van der Waals surface area (Å²) in [6, 6.07) is 32.3. The van der Waals surface area contributed by atoms with E-state index in [-0.39, 0.29) is 0 Å². The molecule has 0 saturated carbocycles. The first-order chi connectivity index (χ1) is 17.3. The highest BCUT2D eigenvalue weighted by Crippen LogP contribution is 2.48. The molecule has 0 spiro atoms. The normalized spacial score (nSPS) is 14.2. The standard InChI is InChI=1S/C31H25N2S2/c1-3-32-26-16-10-11-17-27(26)35-31(32)25(22-12-6-5-7-13-22)19-21-29-33(4-2)30-24-15-9-8-14-23(24)18-20-28(30)34-29/h5-18,20H,3-4H2,1-2H3/q+1. The Morgan fingerprint density at radius 3 is 2.46 bits per heavy atom. The van der Waals surface area contributed by atoms with Crippen LogP contribution in [0.15, 0.2) is 101 Å². The molecule has 1 aliphatic rings. The predicted octanol–water partition coefficient (Wildman–Crippen LogP) is 7.71. The number of rotatable bonds is 3. The number of hydrogen-bond donors (Lipinski definition) is 0. The van der Waals surface area contributed by atoms with Crippen molar-refractivity contribution in [2.24, 2.45) is 0 Å². The molecular weight excluding hydrogens is 464 g/mol. The molecule has 6 rings (SSSR count). The summed E-state index contributed by atoms with van der Waals surface area (Å²) < 4.78 is 3.65. The lowest BCUT2D eigenvalue weighted by Crippen LogP contribution is -2.34. The van der Waals surface area contributed by atoms with Crippen molar-refractivity contribution in [2.45, 2.75) is 25.3 Å². The molecule has 35 heavy (non-hydrogen) atoms. The van der Waals surface area contributed by atoms with Gasteiger partial charge >= 0.3 is 5.01 Å². The number of hydrogen-bond acceptors (Lipinski definition) is 3. The molecule has 0 aliphatic carbocycles. The smallest absolute Gasteiger partial charge is 0.315 e. The van der Waals surface area contributed by atoms with Crippen molar-refractivity contribution in [3.63, 3.8) is 0 Å². The molecule has 0 N–H and O–H groups in total. The minimum atomic E-state index is 0.885. The minimum Gasteiger partial charge on any atom is -0.334 e. The maximum Gasteiger partial charge on any atom is 0.315 e. The lowest BCUT2D eigenvalue weighted by Gasteiger charge is -2.20. The van der Waals surface area contributed by atoms with Crippen molar-refractivity contribution in [1.82, 2.24) is 0 Å². The van der Waals surface area contributed by atoms with Crippen LogP contribution in [0.4, 0.5) is 5.69 Å². The minimum absolute atomic E-state index is 0.885. The van der Waals surface area contributed by atoms with Crippen molar-refractivity contribution in [2.75, 3.05) is 11.4 Å². The quantitative estimate of drug-likeness (QED) is 0.189. The summed E-state index contributed by atoms with van der Waals surface area (Å²) in [7, 11) is 0. The zero-order valence-corrected chi connectivity index (χ0v) is 21.4. The molecule has 1 aromatic heterocycles. The number of thiazole rings is 1. The Balaban J connectivity index is 1.55. The molecule has 0 fully saturated rings. The molecule has 5 aromatic rings. The van der Waals surface area contributed by atoms with E-state index < -0.39 is 0 Å². The Morgan fingerprint density at radius 2 is 1.63 bits per heavy atom. The van der Waals surface area contributed by atoms with Gasteiger partial charge in [-0.1, -0.05) is 95.7 Å². The molecule has 4 aromatic carbocycles. The summed E-state index contributed by atoms with van der Waals surface area (Å²) in [4.78, 5) is 3.68. The van der Waals surface area contributed by atoms with E-state index in [4.69, 9.17) is 0 Å². The molecule has 0 saturated heterocycles. The van der Waals surface area contributed by atoms with E-state index in [0.29, 0.717) is 0 Å². The first kappa shape index (κ1) is 22.0. The lowest BCUT2D eigenvalue weighted by molar-refractivity contribution is -0.665. The summed E-state index contributed by atoms with van der Waals surface area (Å²) in [5.74, 6) is 7.23. The Kier molecular flexibility index (Phi) is 5.82. The average Bonchev–Trinajstić information content (AvgIpc) is 3.47. The first-order valence-corrected chi connectivity index (χ1v) is 13.6. The van der Waals surface area contributed by atoms with Crippen LogP contribution >= 0.6 is 23.1 Å². The Morgan fingerprint density at radius 1 is 0.857 bits per heavy atom. The summed E-state index contributed by atoms with van der Waals surface area (Å²) >= 11 is 3.61. The van der Waals surface area contributed by atoms with Gasteiger partial charge in [0, 0.05) is 17.4 Å². The molecule has 2 nitrogen and oxygen atoms in total. The van der Waals surface area contributed by atoms with Crippen molar-refractivity contribution < 1.29 is 4.57 Å². The van der Waals surface area contributed by atoms with Gasteiger partial charge in [-0.15, -0.1) is 0 Å². The highest BCUT2D eigenvalue weighted by molar-refractivity contribution is 8.04. The van der Waals surface area contributed by atoms with E-state index in [2.05, 4.69) is 126 Å². The third kappa shape index (κ3) is 3.82. The van der Waals surface area contributed by atoms with Gasteiger partial charge in [-0.3, -0.25) is 0 Å². The zero-order chi connectivity index (χ0) is 23.8. The summed E-state index contributed by atoms with van der Waals surface area (Å²) in [6.45, 7) is 6.20. The van der Waals surface area contributed by atoms with E-state index in [1.54, 1.807) is 11.3 Å². The highest BCUT2D eigenvalue weighted by Gasteiger charge is 2.27. The second-order valence-corrected chi connectivity index (χ2v) is 10.5. The number of allylic oxidation sites excluding steroid dienone is 1. The number of nitrogens with zero attached hydrogens (tertiary/aromatic N) is 2. The number of aryl methyl sites for hydroxylation is 1. The number of aromatic nitrogens is 1. The van der Waals surface area contributed by atoms with Crippen LogP contribution in [0.2, 0.25) is 0 Å². The van der Waals surface area contributed by atoms with Crippen LogP contribution in [0.5, 0.6) is 0 Å². The van der Waals surface area contributed by atoms with Gasteiger partial charge in [-0.2, -0.15) is 4.57 Å². The molecule has 0 unspecified atom stereocenters. The fourth-order valence-corrected chi connectivity index (χ4v) is 7.10. The van der Waals surface area contributed by atoms with Gasteiger partial charge in [-0.05, 0) is 49.1 Å². The largest absolute Gasteiger partial charge is 0.334 e. The molecule has 4 heteroatoms. The Bertz CT molecular complexity index is 1650. The second-order valence-electron chi connectivity index (χ2n) is 8.40. The zero-order valence-electron chi connectivity index (χ0n) is 19.8. The summed E-state index contributed by atoms with van der Waals surface area (Å²) in [6.07, 6.45) is 0. The highest BCUT2D eigenvalue weighted by atomic mass is 32.2. The third-order valence-electron chi connectivity index (χ3n) is 6.40. The van der Waals surface area contributed by atoms with Crippen LogP contribution in [0.1, 0.15) is 24.4 Å². The van der Waals surface area contributed by atoms with Crippen LogP contribution in [0.25, 0.3) is 26.6 Å². The van der Waals surface area contributed by atoms with Gasteiger partial charge in [-0.25, -0.2) is 0 Å². The molecule has 0 bridgehead atoms.